The van der Waals surface area contributed by atoms with Crippen molar-refractivity contribution in [2.24, 2.45) is 0 Å². The van der Waals surface area contributed by atoms with Gasteiger partial charge in [-0.25, -0.2) is 0 Å². The highest BCUT2D eigenvalue weighted by Gasteiger charge is 2.22. The van der Waals surface area contributed by atoms with Crippen molar-refractivity contribution >= 4 is 17.3 Å². The normalized spacial score (nSPS) is 13.7. The second-order valence-corrected chi connectivity index (χ2v) is 4.86. The first-order valence-corrected chi connectivity index (χ1v) is 5.44. The molecule has 2 nitrogen and oxygen atoms in total. The highest BCUT2D eigenvalue weighted by atomic mass is 35.5. The molecular weight excluding hydrogens is 210 g/mol. The minimum atomic E-state index is -0.772. The van der Waals surface area contributed by atoms with E-state index in [9.17, 15) is 5.11 Å². The quantitative estimate of drug-likeness (QED) is 0.831. The summed E-state index contributed by atoms with van der Waals surface area (Å²) in [6.07, 6.45) is 0. The van der Waals surface area contributed by atoms with Gasteiger partial charge in [-0.2, -0.15) is 0 Å². The molecule has 0 aliphatic rings. The van der Waals surface area contributed by atoms with Crippen LogP contribution in [0.4, 0.5) is 5.69 Å². The Kier molecular flexibility index (Phi) is 3.63. The van der Waals surface area contributed by atoms with E-state index < -0.39 is 5.60 Å². The van der Waals surface area contributed by atoms with Gasteiger partial charge in [-0.3, -0.25) is 0 Å². The molecule has 0 aliphatic heterocycles. The molecule has 3 heteroatoms. The SMILES string of the molecule is Cc1cccc(Cl)c1NC(C)C(C)(C)O. The van der Waals surface area contributed by atoms with Gasteiger partial charge < -0.3 is 10.4 Å². The summed E-state index contributed by atoms with van der Waals surface area (Å²) in [5, 5.41) is 13.7. The van der Waals surface area contributed by atoms with E-state index in [0.29, 0.717) is 5.02 Å². The number of hydrogen-bond donors (Lipinski definition) is 2. The molecule has 84 valence electrons. The van der Waals surface area contributed by atoms with Gasteiger partial charge in [0.05, 0.1) is 22.4 Å². The van der Waals surface area contributed by atoms with E-state index in [2.05, 4.69) is 5.32 Å². The number of hydrogen-bond acceptors (Lipinski definition) is 2. The van der Waals surface area contributed by atoms with Gasteiger partial charge in [0.25, 0.3) is 0 Å². The molecule has 0 fully saturated rings. The first-order valence-electron chi connectivity index (χ1n) is 5.06. The Labute approximate surface area is 96.3 Å². The highest BCUT2D eigenvalue weighted by Crippen LogP contribution is 2.27. The molecule has 2 N–H and O–H groups in total. The molecule has 1 aromatic carbocycles. The van der Waals surface area contributed by atoms with E-state index in [-0.39, 0.29) is 6.04 Å². The number of para-hydroxylation sites is 1. The van der Waals surface area contributed by atoms with Gasteiger partial charge in [-0.1, -0.05) is 23.7 Å². The van der Waals surface area contributed by atoms with Crippen LogP contribution in [0.5, 0.6) is 0 Å². The van der Waals surface area contributed by atoms with Crippen LogP contribution in [0.25, 0.3) is 0 Å². The summed E-state index contributed by atoms with van der Waals surface area (Å²) < 4.78 is 0. The summed E-state index contributed by atoms with van der Waals surface area (Å²) >= 11 is 6.08. The first-order chi connectivity index (χ1) is 6.82. The first kappa shape index (κ1) is 12.3. The van der Waals surface area contributed by atoms with Crippen LogP contribution >= 0.6 is 11.6 Å². The predicted molar refractivity (Wildman–Crippen MR) is 65.6 cm³/mol. The van der Waals surface area contributed by atoms with Gasteiger partial charge in [0.15, 0.2) is 0 Å². The van der Waals surface area contributed by atoms with Crippen molar-refractivity contribution in [2.45, 2.75) is 39.3 Å². The van der Waals surface area contributed by atoms with E-state index in [0.717, 1.165) is 11.3 Å². The fourth-order valence-corrected chi connectivity index (χ4v) is 1.48. The number of halogens is 1. The van der Waals surface area contributed by atoms with Crippen LogP contribution in [0.1, 0.15) is 26.3 Å². The minimum absolute atomic E-state index is 0.0592. The number of nitrogens with one attached hydrogen (secondary N) is 1. The van der Waals surface area contributed by atoms with E-state index in [4.69, 9.17) is 11.6 Å². The number of anilines is 1. The van der Waals surface area contributed by atoms with Gasteiger partial charge in [-0.05, 0) is 39.3 Å². The molecule has 1 unspecified atom stereocenters. The summed E-state index contributed by atoms with van der Waals surface area (Å²) in [6.45, 7) is 7.47. The Balaban J connectivity index is 2.90. The number of aliphatic hydroxyl groups is 1. The van der Waals surface area contributed by atoms with E-state index in [1.54, 1.807) is 13.8 Å². The van der Waals surface area contributed by atoms with Crippen LogP contribution in [-0.4, -0.2) is 16.7 Å². The lowest BCUT2D eigenvalue weighted by Gasteiger charge is -2.28. The molecule has 1 atom stereocenters. The van der Waals surface area contributed by atoms with Crippen LogP contribution in [-0.2, 0) is 0 Å². The molecule has 1 aromatic rings. The molecule has 0 aliphatic carbocycles. The third-order valence-electron chi connectivity index (χ3n) is 2.64. The molecule has 0 radical (unpaired) electrons. The fraction of sp³-hybridized carbons (Fsp3) is 0.500. The van der Waals surface area contributed by atoms with Crippen LogP contribution < -0.4 is 5.32 Å². The van der Waals surface area contributed by atoms with E-state index in [1.165, 1.54) is 0 Å². The maximum Gasteiger partial charge on any atom is 0.0789 e. The summed E-state index contributed by atoms with van der Waals surface area (Å²) in [5.74, 6) is 0. The minimum Gasteiger partial charge on any atom is -0.388 e. The zero-order valence-corrected chi connectivity index (χ0v) is 10.4. The van der Waals surface area contributed by atoms with Gasteiger partial charge in [0.2, 0.25) is 0 Å². The van der Waals surface area contributed by atoms with Crippen molar-refractivity contribution in [1.82, 2.24) is 0 Å². The number of aryl methyl sites for hydroxylation is 1. The average molecular weight is 228 g/mol. The molecule has 0 heterocycles. The lowest BCUT2D eigenvalue weighted by atomic mass is 10.00. The summed E-state index contributed by atoms with van der Waals surface area (Å²) in [6, 6.07) is 5.69. The third kappa shape index (κ3) is 3.11. The molecule has 15 heavy (non-hydrogen) atoms. The molecule has 0 spiro atoms. The van der Waals surface area contributed by atoms with E-state index in [1.807, 2.05) is 32.0 Å². The zero-order chi connectivity index (χ0) is 11.6. The predicted octanol–water partition coefficient (Wildman–Crippen LogP) is 3.22. The van der Waals surface area contributed by atoms with Gasteiger partial charge in [-0.15, -0.1) is 0 Å². The Morgan fingerprint density at radius 1 is 1.40 bits per heavy atom. The van der Waals surface area contributed by atoms with Gasteiger partial charge in [0.1, 0.15) is 0 Å². The van der Waals surface area contributed by atoms with Crippen LogP contribution in [0, 0.1) is 6.92 Å². The van der Waals surface area contributed by atoms with Crippen molar-refractivity contribution < 1.29 is 5.11 Å². The Morgan fingerprint density at radius 2 is 2.00 bits per heavy atom. The maximum absolute atomic E-state index is 9.82. The monoisotopic (exact) mass is 227 g/mol. The molecule has 1 rings (SSSR count). The van der Waals surface area contributed by atoms with Crippen LogP contribution in [0.2, 0.25) is 5.02 Å². The molecule has 0 amide bonds. The second kappa shape index (κ2) is 4.42. The van der Waals surface area contributed by atoms with E-state index >= 15 is 0 Å². The molecule has 0 bridgehead atoms. The lowest BCUT2D eigenvalue weighted by Crippen LogP contribution is -2.39. The van der Waals surface area contributed by atoms with Crippen molar-refractivity contribution in [3.8, 4) is 0 Å². The van der Waals surface area contributed by atoms with Gasteiger partial charge >= 0.3 is 0 Å². The summed E-state index contributed by atoms with van der Waals surface area (Å²) in [4.78, 5) is 0. The average Bonchev–Trinajstić information content (AvgIpc) is 2.09. The van der Waals surface area contributed by atoms with Crippen molar-refractivity contribution in [1.29, 1.82) is 0 Å². The third-order valence-corrected chi connectivity index (χ3v) is 2.96. The Bertz CT molecular complexity index is 324. The van der Waals surface area contributed by atoms with Crippen molar-refractivity contribution in [3.63, 3.8) is 0 Å². The Morgan fingerprint density at radius 3 is 2.47 bits per heavy atom. The summed E-state index contributed by atoms with van der Waals surface area (Å²) in [7, 11) is 0. The molecule has 0 saturated carbocycles. The molecule has 0 saturated heterocycles. The summed E-state index contributed by atoms with van der Waals surface area (Å²) in [5.41, 5.74) is 1.21. The van der Waals surface area contributed by atoms with Crippen LogP contribution in [0.15, 0.2) is 18.2 Å². The molecule has 0 aromatic heterocycles. The smallest absolute Gasteiger partial charge is 0.0789 e. The van der Waals surface area contributed by atoms with Crippen molar-refractivity contribution in [3.05, 3.63) is 28.8 Å². The van der Waals surface area contributed by atoms with Crippen LogP contribution in [0.3, 0.4) is 0 Å². The zero-order valence-electron chi connectivity index (χ0n) is 9.63. The van der Waals surface area contributed by atoms with Crippen molar-refractivity contribution in [2.75, 3.05) is 5.32 Å². The second-order valence-electron chi connectivity index (χ2n) is 4.45. The standard InChI is InChI=1S/C12H18ClNO/c1-8-6-5-7-10(13)11(8)14-9(2)12(3,4)15/h5-7,9,14-15H,1-4H3. The Hall–Kier alpha value is -0.730. The fourth-order valence-electron chi connectivity index (χ4n) is 1.21. The molecular formula is C12H18ClNO. The van der Waals surface area contributed by atoms with Gasteiger partial charge in [0, 0.05) is 0 Å². The number of rotatable bonds is 3. The topological polar surface area (TPSA) is 32.3 Å². The lowest BCUT2D eigenvalue weighted by molar-refractivity contribution is 0.0649. The largest absolute Gasteiger partial charge is 0.388 e. The number of benzene rings is 1. The maximum atomic E-state index is 9.82. The highest BCUT2D eigenvalue weighted by molar-refractivity contribution is 6.33.